The Morgan fingerprint density at radius 3 is 2.47 bits per heavy atom. The molecule has 0 atom stereocenters. The average Bonchev–Trinajstić information content (AvgIpc) is 2.27. The zero-order valence-corrected chi connectivity index (χ0v) is 10.9. The van der Waals surface area contributed by atoms with E-state index in [4.69, 9.17) is 4.74 Å². The minimum absolute atomic E-state index is 0.00114. The van der Waals surface area contributed by atoms with Crippen molar-refractivity contribution in [3.63, 3.8) is 0 Å². The molecule has 5 nitrogen and oxygen atoms in total. The molecule has 0 spiro atoms. The number of esters is 1. The molecule has 17 heavy (non-hydrogen) atoms. The van der Waals surface area contributed by atoms with Gasteiger partial charge in [-0.3, -0.25) is 9.59 Å². The van der Waals surface area contributed by atoms with E-state index in [1.54, 1.807) is 0 Å². The van der Waals surface area contributed by atoms with Crippen molar-refractivity contribution in [1.29, 1.82) is 0 Å². The first-order chi connectivity index (χ1) is 8.16. The summed E-state index contributed by atoms with van der Waals surface area (Å²) >= 11 is 0. The molecule has 100 valence electrons. The Labute approximate surface area is 103 Å². The Hall–Kier alpha value is -1.10. The van der Waals surface area contributed by atoms with Crippen molar-refractivity contribution in [3.05, 3.63) is 0 Å². The van der Waals surface area contributed by atoms with Gasteiger partial charge in [0.2, 0.25) is 5.91 Å². The maximum absolute atomic E-state index is 11.0. The predicted molar refractivity (Wildman–Crippen MR) is 66.7 cm³/mol. The van der Waals surface area contributed by atoms with Crippen LogP contribution in [0, 0.1) is 0 Å². The Balaban J connectivity index is 3.08. The number of hydrogen-bond acceptors (Lipinski definition) is 4. The van der Waals surface area contributed by atoms with Gasteiger partial charge in [0.1, 0.15) is 0 Å². The molecule has 0 aromatic rings. The third-order valence-electron chi connectivity index (χ3n) is 2.22. The number of ether oxygens (including phenoxy) is 1. The number of nitrogens with one attached hydrogen (secondary N) is 2. The first-order valence-electron chi connectivity index (χ1n) is 6.27. The van der Waals surface area contributed by atoms with Crippen molar-refractivity contribution >= 4 is 11.9 Å². The van der Waals surface area contributed by atoms with E-state index >= 15 is 0 Å². The fourth-order valence-corrected chi connectivity index (χ4v) is 1.38. The molecule has 0 unspecified atom stereocenters. The van der Waals surface area contributed by atoms with Crippen molar-refractivity contribution in [1.82, 2.24) is 10.6 Å². The molecule has 0 aliphatic carbocycles. The van der Waals surface area contributed by atoms with Crippen LogP contribution in [0.1, 0.15) is 39.5 Å². The highest BCUT2D eigenvalue weighted by molar-refractivity contribution is 5.72. The molecule has 0 fully saturated rings. The van der Waals surface area contributed by atoms with Crippen LogP contribution in [0.25, 0.3) is 0 Å². The Kier molecular flexibility index (Phi) is 10.7. The molecule has 0 aromatic carbocycles. The van der Waals surface area contributed by atoms with Crippen LogP contribution in [0.3, 0.4) is 0 Å². The molecule has 0 aromatic heterocycles. The summed E-state index contributed by atoms with van der Waals surface area (Å²) in [5.74, 6) is -0.104. The van der Waals surface area contributed by atoms with Gasteiger partial charge in [0.15, 0.2) is 0 Å². The molecule has 5 heteroatoms. The van der Waals surface area contributed by atoms with E-state index in [1.807, 2.05) is 6.92 Å². The second kappa shape index (κ2) is 11.4. The van der Waals surface area contributed by atoms with E-state index < -0.39 is 0 Å². The minimum Gasteiger partial charge on any atom is -0.466 e. The zero-order valence-electron chi connectivity index (χ0n) is 10.9. The lowest BCUT2D eigenvalue weighted by Crippen LogP contribution is -2.30. The molecule has 0 saturated heterocycles. The number of amides is 1. The second-order valence-electron chi connectivity index (χ2n) is 3.85. The van der Waals surface area contributed by atoms with Gasteiger partial charge in [-0.2, -0.15) is 0 Å². The summed E-state index contributed by atoms with van der Waals surface area (Å²) in [7, 11) is 0. The smallest absolute Gasteiger partial charge is 0.305 e. The van der Waals surface area contributed by atoms with E-state index in [1.165, 1.54) is 6.92 Å². The summed E-state index contributed by atoms with van der Waals surface area (Å²) in [6.07, 6.45) is 3.46. The zero-order chi connectivity index (χ0) is 12.9. The largest absolute Gasteiger partial charge is 0.466 e. The van der Waals surface area contributed by atoms with E-state index in [2.05, 4.69) is 10.6 Å². The molecule has 0 aliphatic heterocycles. The van der Waals surface area contributed by atoms with Crippen molar-refractivity contribution < 1.29 is 14.3 Å². The molecule has 0 saturated carbocycles. The quantitative estimate of drug-likeness (QED) is 0.441. The number of hydrogen-bond donors (Lipinski definition) is 2. The van der Waals surface area contributed by atoms with Gasteiger partial charge in [-0.05, 0) is 26.3 Å². The summed E-state index contributed by atoms with van der Waals surface area (Å²) < 4.78 is 4.83. The fourth-order valence-electron chi connectivity index (χ4n) is 1.38. The molecule has 2 N–H and O–H groups in total. The van der Waals surface area contributed by atoms with Crippen LogP contribution in [0.5, 0.6) is 0 Å². The van der Waals surface area contributed by atoms with Crippen molar-refractivity contribution in [2.24, 2.45) is 0 Å². The third-order valence-corrected chi connectivity index (χ3v) is 2.22. The van der Waals surface area contributed by atoms with Gasteiger partial charge in [0.05, 0.1) is 6.61 Å². The standard InChI is InChI=1S/C12H24N2O3/c1-3-17-12(16)7-5-4-6-8-13-9-10-14-11(2)15/h13H,3-10H2,1-2H3,(H,14,15). The lowest BCUT2D eigenvalue weighted by atomic mass is 10.2. The second-order valence-corrected chi connectivity index (χ2v) is 3.85. The lowest BCUT2D eigenvalue weighted by molar-refractivity contribution is -0.143. The van der Waals surface area contributed by atoms with Gasteiger partial charge in [-0.15, -0.1) is 0 Å². The minimum atomic E-state index is -0.105. The highest BCUT2D eigenvalue weighted by Crippen LogP contribution is 2.00. The fraction of sp³-hybridized carbons (Fsp3) is 0.833. The topological polar surface area (TPSA) is 67.4 Å². The van der Waals surface area contributed by atoms with Crippen molar-refractivity contribution in [2.75, 3.05) is 26.2 Å². The number of carbonyl (C=O) groups is 2. The monoisotopic (exact) mass is 244 g/mol. The Morgan fingerprint density at radius 1 is 1.06 bits per heavy atom. The van der Waals surface area contributed by atoms with Crippen LogP contribution in [0.4, 0.5) is 0 Å². The molecular formula is C12H24N2O3. The van der Waals surface area contributed by atoms with Gasteiger partial charge < -0.3 is 15.4 Å². The summed E-state index contributed by atoms with van der Waals surface area (Å²) in [6, 6.07) is 0. The predicted octanol–water partition coefficient (Wildman–Crippen LogP) is 0.836. The van der Waals surface area contributed by atoms with Crippen LogP contribution in [-0.2, 0) is 14.3 Å². The van der Waals surface area contributed by atoms with E-state index in [9.17, 15) is 9.59 Å². The highest BCUT2D eigenvalue weighted by atomic mass is 16.5. The first kappa shape index (κ1) is 15.9. The number of rotatable bonds is 10. The maximum Gasteiger partial charge on any atom is 0.305 e. The number of carbonyl (C=O) groups excluding carboxylic acids is 2. The lowest BCUT2D eigenvalue weighted by Gasteiger charge is -2.05. The van der Waals surface area contributed by atoms with Crippen LogP contribution in [-0.4, -0.2) is 38.1 Å². The van der Waals surface area contributed by atoms with Gasteiger partial charge in [0, 0.05) is 26.4 Å². The molecule has 0 aliphatic rings. The van der Waals surface area contributed by atoms with Gasteiger partial charge in [0.25, 0.3) is 0 Å². The summed E-state index contributed by atoms with van der Waals surface area (Å²) in [6.45, 7) is 6.16. The summed E-state index contributed by atoms with van der Waals surface area (Å²) in [5, 5.41) is 5.94. The molecular weight excluding hydrogens is 220 g/mol. The van der Waals surface area contributed by atoms with E-state index in [0.29, 0.717) is 19.6 Å². The molecule has 0 bridgehead atoms. The van der Waals surface area contributed by atoms with E-state index in [-0.39, 0.29) is 11.9 Å². The first-order valence-corrected chi connectivity index (χ1v) is 6.27. The highest BCUT2D eigenvalue weighted by Gasteiger charge is 2.00. The van der Waals surface area contributed by atoms with Crippen molar-refractivity contribution in [3.8, 4) is 0 Å². The van der Waals surface area contributed by atoms with Gasteiger partial charge >= 0.3 is 5.97 Å². The number of unbranched alkanes of at least 4 members (excludes halogenated alkanes) is 2. The SMILES string of the molecule is CCOC(=O)CCCCCNCCNC(C)=O. The average molecular weight is 244 g/mol. The van der Waals surface area contributed by atoms with Gasteiger partial charge in [-0.25, -0.2) is 0 Å². The Morgan fingerprint density at radius 2 is 1.82 bits per heavy atom. The molecule has 1 amide bonds. The normalized spacial score (nSPS) is 10.0. The van der Waals surface area contributed by atoms with Crippen LogP contribution in [0.2, 0.25) is 0 Å². The Bertz CT molecular complexity index is 220. The molecule has 0 radical (unpaired) electrons. The molecule has 0 heterocycles. The maximum atomic E-state index is 11.0. The molecule has 0 rings (SSSR count). The third kappa shape index (κ3) is 12.8. The van der Waals surface area contributed by atoms with Crippen LogP contribution >= 0.6 is 0 Å². The van der Waals surface area contributed by atoms with E-state index in [0.717, 1.165) is 32.4 Å². The summed E-state index contributed by atoms with van der Waals surface area (Å²) in [4.78, 5) is 21.6. The van der Waals surface area contributed by atoms with Crippen molar-refractivity contribution in [2.45, 2.75) is 39.5 Å². The van der Waals surface area contributed by atoms with Crippen LogP contribution < -0.4 is 10.6 Å². The summed E-state index contributed by atoms with van der Waals surface area (Å²) in [5.41, 5.74) is 0. The van der Waals surface area contributed by atoms with Crippen LogP contribution in [0.15, 0.2) is 0 Å². The van der Waals surface area contributed by atoms with Gasteiger partial charge in [-0.1, -0.05) is 6.42 Å².